The van der Waals surface area contributed by atoms with Gasteiger partial charge in [-0.15, -0.1) is 0 Å². The van der Waals surface area contributed by atoms with Gasteiger partial charge in [0.2, 0.25) is 0 Å². The predicted octanol–water partition coefficient (Wildman–Crippen LogP) is 3.69. The minimum Gasteiger partial charge on any atom is -0.494 e. The number of aryl methyl sites for hydroxylation is 2. The van der Waals surface area contributed by atoms with Gasteiger partial charge in [-0.05, 0) is 31.0 Å². The zero-order valence-electron chi connectivity index (χ0n) is 18.2. The molecule has 1 N–H and O–H groups in total. The van der Waals surface area contributed by atoms with Crippen LogP contribution in [0.2, 0.25) is 0 Å². The molecule has 0 atom stereocenters. The molecule has 5 rings (SSSR count). The smallest absolute Gasteiger partial charge is 0.280 e. The summed E-state index contributed by atoms with van der Waals surface area (Å²) in [6.45, 7) is 0.957. The Balaban J connectivity index is 1.51. The highest BCUT2D eigenvalue weighted by Crippen LogP contribution is 2.29. The van der Waals surface area contributed by atoms with E-state index < -0.39 is 11.5 Å². The molecule has 0 unspecified atom stereocenters. The number of aromatic nitrogens is 4. The van der Waals surface area contributed by atoms with Crippen LogP contribution in [0.5, 0.6) is 5.75 Å². The normalized spacial score (nSPS) is 12.8. The van der Waals surface area contributed by atoms with Gasteiger partial charge in [-0.1, -0.05) is 36.4 Å². The number of carbonyl (C=O) groups excluding carboxylic acids is 1. The van der Waals surface area contributed by atoms with Crippen LogP contribution in [0.4, 0.5) is 5.69 Å². The van der Waals surface area contributed by atoms with Crippen LogP contribution in [0.3, 0.4) is 0 Å². The largest absolute Gasteiger partial charge is 0.494 e. The molecule has 1 aliphatic rings. The second-order valence-electron chi connectivity index (χ2n) is 7.84. The molecule has 2 aromatic carbocycles. The van der Waals surface area contributed by atoms with Crippen LogP contribution in [0.1, 0.15) is 29.2 Å². The molecule has 3 heterocycles. The molecule has 0 aliphatic carbocycles. The van der Waals surface area contributed by atoms with Gasteiger partial charge in [0.05, 0.1) is 30.2 Å². The number of fused-ring (bicyclic) bond motifs is 1. The van der Waals surface area contributed by atoms with E-state index in [0.29, 0.717) is 11.4 Å². The summed E-state index contributed by atoms with van der Waals surface area (Å²) in [4.78, 5) is 30.6. The molecule has 166 valence electrons. The van der Waals surface area contributed by atoms with Crippen molar-refractivity contribution in [2.45, 2.75) is 25.8 Å². The fourth-order valence-electron chi connectivity index (χ4n) is 4.05. The summed E-state index contributed by atoms with van der Waals surface area (Å²) in [6, 6.07) is 17.7. The van der Waals surface area contributed by atoms with Crippen LogP contribution in [0, 0.1) is 0 Å². The van der Waals surface area contributed by atoms with E-state index in [4.69, 9.17) is 9.72 Å². The fraction of sp³-hybridized carbons (Fsp3) is 0.200. The van der Waals surface area contributed by atoms with E-state index in [-0.39, 0.29) is 11.4 Å². The zero-order valence-corrected chi connectivity index (χ0v) is 18.2. The average Bonchev–Trinajstić information content (AvgIpc) is 3.28. The van der Waals surface area contributed by atoms with Crippen LogP contribution in [-0.2, 0) is 13.0 Å². The van der Waals surface area contributed by atoms with Gasteiger partial charge in [0.25, 0.3) is 11.5 Å². The number of hydrogen-bond donors (Lipinski definition) is 1. The summed E-state index contributed by atoms with van der Waals surface area (Å²) in [6.07, 6.45) is 5.27. The molecule has 0 saturated heterocycles. The minimum absolute atomic E-state index is 0.0138. The van der Waals surface area contributed by atoms with Gasteiger partial charge in [0.1, 0.15) is 5.82 Å². The van der Waals surface area contributed by atoms with Crippen LogP contribution < -0.4 is 15.6 Å². The Labute approximate surface area is 190 Å². The number of rotatable bonds is 5. The Morgan fingerprint density at radius 2 is 1.85 bits per heavy atom. The first-order chi connectivity index (χ1) is 16.1. The molecule has 0 radical (unpaired) electrons. The number of amides is 1. The van der Waals surface area contributed by atoms with Crippen molar-refractivity contribution >= 4 is 11.6 Å². The number of carbonyl (C=O) groups is 1. The van der Waals surface area contributed by atoms with Crippen molar-refractivity contribution < 1.29 is 9.53 Å². The maximum absolute atomic E-state index is 13.3. The van der Waals surface area contributed by atoms with Crippen molar-refractivity contribution in [3.8, 4) is 22.7 Å². The first kappa shape index (κ1) is 20.7. The van der Waals surface area contributed by atoms with Gasteiger partial charge < -0.3 is 14.6 Å². The Hall–Kier alpha value is -4.20. The third-order valence-corrected chi connectivity index (χ3v) is 5.69. The van der Waals surface area contributed by atoms with Gasteiger partial charge in [-0.25, -0.2) is 4.98 Å². The molecule has 2 aromatic heterocycles. The molecule has 33 heavy (non-hydrogen) atoms. The maximum atomic E-state index is 13.3. The number of hydrogen-bond acceptors (Lipinski definition) is 5. The first-order valence-corrected chi connectivity index (χ1v) is 10.8. The predicted molar refractivity (Wildman–Crippen MR) is 125 cm³/mol. The van der Waals surface area contributed by atoms with Crippen molar-refractivity contribution in [3.05, 3.63) is 88.7 Å². The average molecular weight is 441 g/mol. The molecule has 4 aromatic rings. The third-order valence-electron chi connectivity index (χ3n) is 5.69. The molecule has 0 fully saturated rings. The summed E-state index contributed by atoms with van der Waals surface area (Å²) in [5.41, 5.74) is 2.43. The van der Waals surface area contributed by atoms with E-state index >= 15 is 0 Å². The standard InChI is InChI=1S/C25H23N5O3/c1-33-21-15-23(31)30(17-9-3-2-4-10-17)28-24(21)25(32)27-19-12-6-5-11-18(19)20-16-29-14-8-7-13-22(29)26-20/h2-6,9-12,15-16H,7-8,13-14H2,1H3,(H,27,32). The summed E-state index contributed by atoms with van der Waals surface area (Å²) < 4.78 is 8.66. The lowest BCUT2D eigenvalue weighted by molar-refractivity contribution is 0.101. The summed E-state index contributed by atoms with van der Waals surface area (Å²) in [5.74, 6) is 0.697. The molecule has 1 amide bonds. The van der Waals surface area contributed by atoms with Crippen LogP contribution in [-0.4, -0.2) is 32.3 Å². The van der Waals surface area contributed by atoms with Crippen molar-refractivity contribution in [1.29, 1.82) is 0 Å². The topological polar surface area (TPSA) is 91.0 Å². The Morgan fingerprint density at radius 3 is 2.64 bits per heavy atom. The molecular formula is C25H23N5O3. The number of nitrogens with one attached hydrogen (secondary N) is 1. The Kier molecular flexibility index (Phi) is 5.48. The Morgan fingerprint density at radius 1 is 1.06 bits per heavy atom. The summed E-state index contributed by atoms with van der Waals surface area (Å²) >= 11 is 0. The highest BCUT2D eigenvalue weighted by atomic mass is 16.5. The number of ether oxygens (including phenoxy) is 1. The molecule has 8 heteroatoms. The van der Waals surface area contributed by atoms with Gasteiger partial charge in [0, 0.05) is 24.7 Å². The molecule has 0 saturated carbocycles. The quantitative estimate of drug-likeness (QED) is 0.510. The number of nitrogens with zero attached hydrogens (tertiary/aromatic N) is 4. The van der Waals surface area contributed by atoms with E-state index in [1.54, 1.807) is 24.3 Å². The van der Waals surface area contributed by atoms with Crippen molar-refractivity contribution in [2.75, 3.05) is 12.4 Å². The van der Waals surface area contributed by atoms with E-state index in [1.807, 2.05) is 36.5 Å². The summed E-state index contributed by atoms with van der Waals surface area (Å²) in [5, 5.41) is 7.24. The van der Waals surface area contributed by atoms with E-state index in [1.165, 1.54) is 17.9 Å². The van der Waals surface area contributed by atoms with Gasteiger partial charge >= 0.3 is 0 Å². The lowest BCUT2D eigenvalue weighted by atomic mass is 10.1. The molecule has 8 nitrogen and oxygen atoms in total. The van der Waals surface area contributed by atoms with Crippen molar-refractivity contribution in [1.82, 2.24) is 19.3 Å². The van der Waals surface area contributed by atoms with E-state index in [2.05, 4.69) is 15.0 Å². The molecule has 1 aliphatic heterocycles. The van der Waals surface area contributed by atoms with Crippen LogP contribution in [0.15, 0.2) is 71.7 Å². The maximum Gasteiger partial charge on any atom is 0.280 e. The second-order valence-corrected chi connectivity index (χ2v) is 7.84. The van der Waals surface area contributed by atoms with Crippen LogP contribution in [0.25, 0.3) is 16.9 Å². The number of benzene rings is 2. The van der Waals surface area contributed by atoms with Gasteiger partial charge in [-0.2, -0.15) is 9.78 Å². The number of methoxy groups -OCH3 is 1. The SMILES string of the molecule is COc1cc(=O)n(-c2ccccc2)nc1C(=O)Nc1ccccc1-c1cn2c(n1)CCCC2. The molecular weight excluding hydrogens is 418 g/mol. The molecule has 0 bridgehead atoms. The lowest BCUT2D eigenvalue weighted by Crippen LogP contribution is -2.26. The number of imidazole rings is 1. The van der Waals surface area contributed by atoms with Gasteiger partial charge in [0.15, 0.2) is 11.4 Å². The lowest BCUT2D eigenvalue weighted by Gasteiger charge is -2.13. The minimum atomic E-state index is -0.479. The highest BCUT2D eigenvalue weighted by Gasteiger charge is 2.21. The monoisotopic (exact) mass is 441 g/mol. The second kappa shape index (κ2) is 8.74. The summed E-state index contributed by atoms with van der Waals surface area (Å²) in [7, 11) is 1.41. The van der Waals surface area contributed by atoms with E-state index in [9.17, 15) is 9.59 Å². The van der Waals surface area contributed by atoms with Crippen molar-refractivity contribution in [3.63, 3.8) is 0 Å². The number of para-hydroxylation sites is 2. The van der Waals surface area contributed by atoms with Gasteiger partial charge in [-0.3, -0.25) is 9.59 Å². The fourth-order valence-corrected chi connectivity index (χ4v) is 4.05. The zero-order chi connectivity index (χ0) is 22.8. The molecule has 0 spiro atoms. The number of anilines is 1. The van der Waals surface area contributed by atoms with Crippen molar-refractivity contribution in [2.24, 2.45) is 0 Å². The third kappa shape index (κ3) is 4.03. The van der Waals surface area contributed by atoms with Crippen LogP contribution >= 0.6 is 0 Å². The Bertz CT molecular complexity index is 1350. The van der Waals surface area contributed by atoms with E-state index in [0.717, 1.165) is 42.9 Å². The first-order valence-electron chi connectivity index (χ1n) is 10.8. The highest BCUT2D eigenvalue weighted by molar-refractivity contribution is 6.06.